The third-order valence-corrected chi connectivity index (χ3v) is 2.48. The maximum atomic E-state index is 11.7. The lowest BCUT2D eigenvalue weighted by atomic mass is 10.2. The Balaban J connectivity index is 2.72. The lowest BCUT2D eigenvalue weighted by molar-refractivity contribution is -0.384. The van der Waals surface area contributed by atoms with Crippen molar-refractivity contribution < 1.29 is 9.72 Å². The molecular formula is C10H16N4O3. The van der Waals surface area contributed by atoms with E-state index in [0.29, 0.717) is 6.54 Å². The number of nitro groups is 1. The molecule has 0 bridgehead atoms. The largest absolute Gasteiger partial charge is 0.349 e. The number of hydrogen-bond acceptors (Lipinski definition) is 4. The smallest absolute Gasteiger partial charge is 0.287 e. The van der Waals surface area contributed by atoms with E-state index >= 15 is 0 Å². The molecule has 1 aromatic heterocycles. The maximum Gasteiger partial charge on any atom is 0.287 e. The summed E-state index contributed by atoms with van der Waals surface area (Å²) in [6.07, 6.45) is 2.06. The van der Waals surface area contributed by atoms with Gasteiger partial charge in [0.05, 0.1) is 11.1 Å². The molecule has 3 N–H and O–H groups in total. The van der Waals surface area contributed by atoms with E-state index < -0.39 is 4.92 Å². The molecule has 0 saturated carbocycles. The number of carbonyl (C=O) groups is 1. The molecule has 0 aromatic carbocycles. The minimum atomic E-state index is -0.533. The summed E-state index contributed by atoms with van der Waals surface area (Å²) in [6.45, 7) is 2.28. The zero-order chi connectivity index (χ0) is 13.0. The normalized spacial score (nSPS) is 12.2. The van der Waals surface area contributed by atoms with Crippen molar-refractivity contribution >= 4 is 11.6 Å². The second-order valence-corrected chi connectivity index (χ2v) is 3.83. The number of carbonyl (C=O) groups excluding carboxylic acids is 1. The lowest BCUT2D eigenvalue weighted by Gasteiger charge is -2.10. The van der Waals surface area contributed by atoms with E-state index in [2.05, 4.69) is 5.32 Å². The first-order valence-corrected chi connectivity index (χ1v) is 5.30. The van der Waals surface area contributed by atoms with E-state index in [4.69, 9.17) is 5.73 Å². The number of rotatable bonds is 5. The molecule has 0 saturated heterocycles. The number of nitrogens with one attached hydrogen (secondary N) is 1. The summed E-state index contributed by atoms with van der Waals surface area (Å²) in [6, 6.07) is 1.14. The first-order valence-electron chi connectivity index (χ1n) is 5.30. The van der Waals surface area contributed by atoms with Crippen molar-refractivity contribution in [1.29, 1.82) is 0 Å². The predicted octanol–water partition coefficient (Wildman–Crippen LogP) is 0.400. The van der Waals surface area contributed by atoms with Gasteiger partial charge >= 0.3 is 0 Å². The molecule has 1 unspecified atom stereocenters. The molecule has 0 fully saturated rings. The standard InChI is InChI=1S/C10H16N4O3/c1-3-7(11)5-12-10(15)9-4-8(14(16)17)6-13(9)2/h4,6-7H,3,5,11H2,1-2H3,(H,12,15). The monoisotopic (exact) mass is 240 g/mol. The van der Waals surface area contributed by atoms with E-state index in [1.807, 2.05) is 6.92 Å². The van der Waals surface area contributed by atoms with Crippen molar-refractivity contribution in [2.24, 2.45) is 12.8 Å². The molecule has 7 heteroatoms. The molecule has 1 aromatic rings. The van der Waals surface area contributed by atoms with E-state index in [1.165, 1.54) is 16.8 Å². The van der Waals surface area contributed by atoms with Crippen LogP contribution in [0.3, 0.4) is 0 Å². The molecule has 0 aliphatic heterocycles. The highest BCUT2D eigenvalue weighted by Crippen LogP contribution is 2.14. The fraction of sp³-hybridized carbons (Fsp3) is 0.500. The molecular weight excluding hydrogens is 224 g/mol. The third-order valence-electron chi connectivity index (χ3n) is 2.48. The molecule has 0 aliphatic rings. The highest BCUT2D eigenvalue weighted by molar-refractivity contribution is 5.93. The zero-order valence-corrected chi connectivity index (χ0v) is 9.84. The van der Waals surface area contributed by atoms with Crippen molar-refractivity contribution in [3.05, 3.63) is 28.1 Å². The number of hydrogen-bond donors (Lipinski definition) is 2. The number of nitrogens with zero attached hydrogens (tertiary/aromatic N) is 2. The number of amides is 1. The van der Waals surface area contributed by atoms with Crippen LogP contribution in [0.5, 0.6) is 0 Å². The van der Waals surface area contributed by atoms with Gasteiger partial charge in [0.1, 0.15) is 5.69 Å². The first kappa shape index (κ1) is 13.2. The highest BCUT2D eigenvalue weighted by atomic mass is 16.6. The van der Waals surface area contributed by atoms with Crippen LogP contribution in [-0.4, -0.2) is 28.0 Å². The fourth-order valence-corrected chi connectivity index (χ4v) is 1.33. The Morgan fingerprint density at radius 2 is 2.35 bits per heavy atom. The third kappa shape index (κ3) is 3.28. The van der Waals surface area contributed by atoms with Gasteiger partial charge in [0, 0.05) is 25.7 Å². The van der Waals surface area contributed by atoms with Crippen molar-refractivity contribution in [2.75, 3.05) is 6.54 Å². The molecule has 0 spiro atoms. The summed E-state index contributed by atoms with van der Waals surface area (Å²) in [5.41, 5.74) is 5.81. The second-order valence-electron chi connectivity index (χ2n) is 3.83. The number of nitrogens with two attached hydrogens (primary N) is 1. The van der Waals surface area contributed by atoms with Crippen LogP contribution in [0.1, 0.15) is 23.8 Å². The van der Waals surface area contributed by atoms with Crippen LogP contribution in [-0.2, 0) is 7.05 Å². The van der Waals surface area contributed by atoms with Crippen LogP contribution in [0, 0.1) is 10.1 Å². The van der Waals surface area contributed by atoms with Gasteiger partial charge in [-0.1, -0.05) is 6.92 Å². The molecule has 1 rings (SSSR count). The second kappa shape index (κ2) is 5.44. The summed E-state index contributed by atoms with van der Waals surface area (Å²) in [5, 5.41) is 13.2. The van der Waals surface area contributed by atoms with Crippen molar-refractivity contribution in [3.8, 4) is 0 Å². The average Bonchev–Trinajstić information content (AvgIpc) is 2.68. The van der Waals surface area contributed by atoms with Crippen LogP contribution in [0.2, 0.25) is 0 Å². The van der Waals surface area contributed by atoms with E-state index in [0.717, 1.165) is 6.42 Å². The predicted molar refractivity (Wildman–Crippen MR) is 62.7 cm³/mol. The van der Waals surface area contributed by atoms with E-state index in [1.54, 1.807) is 7.05 Å². The highest BCUT2D eigenvalue weighted by Gasteiger charge is 2.17. The number of aromatic nitrogens is 1. The summed E-state index contributed by atoms with van der Waals surface area (Å²) in [7, 11) is 1.58. The first-order chi connectivity index (χ1) is 7.95. The van der Waals surface area contributed by atoms with Crippen LogP contribution < -0.4 is 11.1 Å². The van der Waals surface area contributed by atoms with Gasteiger partial charge in [-0.25, -0.2) is 0 Å². The van der Waals surface area contributed by atoms with Gasteiger partial charge in [-0.2, -0.15) is 0 Å². The summed E-state index contributed by atoms with van der Waals surface area (Å²) in [4.78, 5) is 21.7. The van der Waals surface area contributed by atoms with E-state index in [-0.39, 0.29) is 23.3 Å². The SMILES string of the molecule is CCC(N)CNC(=O)c1cc([N+](=O)[O-])cn1C. The Morgan fingerprint density at radius 1 is 1.71 bits per heavy atom. The summed E-state index contributed by atoms with van der Waals surface area (Å²) >= 11 is 0. The van der Waals surface area contributed by atoms with Crippen LogP contribution >= 0.6 is 0 Å². The molecule has 7 nitrogen and oxygen atoms in total. The van der Waals surface area contributed by atoms with Gasteiger partial charge in [0.2, 0.25) is 0 Å². The van der Waals surface area contributed by atoms with Gasteiger partial charge in [-0.15, -0.1) is 0 Å². The molecule has 94 valence electrons. The average molecular weight is 240 g/mol. The van der Waals surface area contributed by atoms with Crippen LogP contribution in [0.25, 0.3) is 0 Å². The minimum Gasteiger partial charge on any atom is -0.349 e. The summed E-state index contributed by atoms with van der Waals surface area (Å²) < 4.78 is 1.42. The molecule has 1 atom stereocenters. The van der Waals surface area contributed by atoms with Gasteiger partial charge < -0.3 is 15.6 Å². The van der Waals surface area contributed by atoms with Gasteiger partial charge in [0.25, 0.3) is 11.6 Å². The van der Waals surface area contributed by atoms with Gasteiger partial charge in [-0.05, 0) is 6.42 Å². The fourth-order valence-electron chi connectivity index (χ4n) is 1.33. The number of aryl methyl sites for hydroxylation is 1. The summed E-state index contributed by atoms with van der Waals surface area (Å²) in [5.74, 6) is -0.357. The Bertz CT molecular complexity index is 427. The molecule has 0 aliphatic carbocycles. The quantitative estimate of drug-likeness (QED) is 0.574. The van der Waals surface area contributed by atoms with Gasteiger partial charge in [-0.3, -0.25) is 14.9 Å². The molecule has 0 radical (unpaired) electrons. The van der Waals surface area contributed by atoms with Crippen molar-refractivity contribution in [1.82, 2.24) is 9.88 Å². The molecule has 1 amide bonds. The molecule has 17 heavy (non-hydrogen) atoms. The van der Waals surface area contributed by atoms with Crippen LogP contribution in [0.15, 0.2) is 12.3 Å². The van der Waals surface area contributed by atoms with Crippen LogP contribution in [0.4, 0.5) is 5.69 Å². The van der Waals surface area contributed by atoms with E-state index in [9.17, 15) is 14.9 Å². The van der Waals surface area contributed by atoms with Gasteiger partial charge in [0.15, 0.2) is 0 Å². The Labute approximate surface area is 98.7 Å². The Morgan fingerprint density at radius 3 is 2.82 bits per heavy atom. The Hall–Kier alpha value is -1.89. The lowest BCUT2D eigenvalue weighted by Crippen LogP contribution is -2.37. The van der Waals surface area contributed by atoms with Crippen molar-refractivity contribution in [2.45, 2.75) is 19.4 Å². The topological polar surface area (TPSA) is 103 Å². The maximum absolute atomic E-state index is 11.7. The van der Waals surface area contributed by atoms with Crippen molar-refractivity contribution in [3.63, 3.8) is 0 Å². The minimum absolute atomic E-state index is 0.0996. The Kier molecular flexibility index (Phi) is 4.22. The molecule has 1 heterocycles. The zero-order valence-electron chi connectivity index (χ0n) is 9.84.